The SMILES string of the molecule is C1C2CC3CC1CC(C2)C3P(CC1CCC1CP(C1C2CC3CC(C2)CC1C3)C1C2CC3CC(C2)CC1C3)C1C2CC3CC(C2)CC1C3. The molecule has 16 bridgehead atoms. The summed E-state index contributed by atoms with van der Waals surface area (Å²) in [6.45, 7) is 0. The van der Waals surface area contributed by atoms with Gasteiger partial charge in [0, 0.05) is 0 Å². The molecule has 264 valence electrons. The lowest BCUT2D eigenvalue weighted by atomic mass is 9.55. The van der Waals surface area contributed by atoms with Crippen LogP contribution in [0.3, 0.4) is 0 Å². The van der Waals surface area contributed by atoms with Crippen molar-refractivity contribution in [1.82, 2.24) is 0 Å². The molecule has 17 aliphatic rings. The van der Waals surface area contributed by atoms with Gasteiger partial charge in [0.25, 0.3) is 0 Å². The van der Waals surface area contributed by atoms with Gasteiger partial charge in [-0.1, -0.05) is 15.8 Å². The monoisotopic (exact) mass is 684 g/mol. The zero-order valence-corrected chi connectivity index (χ0v) is 32.4. The summed E-state index contributed by atoms with van der Waals surface area (Å²) in [7, 11) is 0.505. The molecule has 0 aromatic heterocycles. The maximum absolute atomic E-state index is 1.81. The van der Waals surface area contributed by atoms with Gasteiger partial charge in [0.2, 0.25) is 0 Å². The smallest absolute Gasteiger partial charge is 0.0149 e. The lowest BCUT2D eigenvalue weighted by molar-refractivity contribution is 0.0117. The quantitative estimate of drug-likeness (QED) is 0.223. The van der Waals surface area contributed by atoms with Crippen LogP contribution in [0.15, 0.2) is 0 Å². The van der Waals surface area contributed by atoms with Gasteiger partial charge in [-0.3, -0.25) is 0 Å². The van der Waals surface area contributed by atoms with E-state index in [-0.39, 0.29) is 15.8 Å². The number of hydrogen-bond donors (Lipinski definition) is 0. The first-order chi connectivity index (χ1) is 23.6. The van der Waals surface area contributed by atoms with Crippen LogP contribution >= 0.6 is 15.8 Å². The minimum atomic E-state index is 0.253. The van der Waals surface area contributed by atoms with Crippen molar-refractivity contribution in [1.29, 1.82) is 0 Å². The predicted molar refractivity (Wildman–Crippen MR) is 203 cm³/mol. The first kappa shape index (κ1) is 30.2. The standard InChI is InChI=1S/C46H70P2/c1-2-34(24-48(45-39-15-29-5-30(17-39)18-40(45)16-29)46-41-19-31-6-32(21-41)22-42(46)20-31)33(1)23-47(43-35-7-25-3-26(9-35)10-36(43)8-25)44-37-11-27-4-28(13-37)14-38(44)12-27/h25-46H,1-24H2. The molecule has 17 fully saturated rings. The third-order valence-corrected chi connectivity index (χ3v) is 28.9. The lowest BCUT2D eigenvalue weighted by Crippen LogP contribution is -2.54. The summed E-state index contributed by atoms with van der Waals surface area (Å²) in [5.74, 6) is 21.3. The fraction of sp³-hybridized carbons (Fsp3) is 1.00. The van der Waals surface area contributed by atoms with Crippen molar-refractivity contribution in [2.45, 2.75) is 164 Å². The van der Waals surface area contributed by atoms with E-state index in [9.17, 15) is 0 Å². The number of rotatable bonds is 8. The van der Waals surface area contributed by atoms with Crippen LogP contribution in [0.5, 0.6) is 0 Å². The van der Waals surface area contributed by atoms with Gasteiger partial charge in [0.1, 0.15) is 0 Å². The molecule has 48 heavy (non-hydrogen) atoms. The van der Waals surface area contributed by atoms with Gasteiger partial charge in [-0.2, -0.15) is 0 Å². The van der Waals surface area contributed by atoms with Crippen molar-refractivity contribution >= 4 is 15.8 Å². The average Bonchev–Trinajstić information content (AvgIpc) is 3.02. The Balaban J connectivity index is 0.811. The third kappa shape index (κ3) is 4.63. The van der Waals surface area contributed by atoms with E-state index < -0.39 is 0 Å². The van der Waals surface area contributed by atoms with E-state index in [2.05, 4.69) is 0 Å². The highest BCUT2D eigenvalue weighted by atomic mass is 31.1. The molecule has 0 radical (unpaired) electrons. The highest BCUT2D eigenvalue weighted by Crippen LogP contribution is 2.75. The molecular formula is C46H70P2. The second kappa shape index (κ2) is 11.2. The lowest BCUT2D eigenvalue weighted by Gasteiger charge is -2.64. The first-order valence-corrected chi connectivity index (χ1v) is 26.5. The van der Waals surface area contributed by atoms with Crippen LogP contribution in [0.4, 0.5) is 0 Å². The summed E-state index contributed by atoms with van der Waals surface area (Å²) in [4.78, 5) is 0. The third-order valence-electron chi connectivity index (χ3n) is 20.7. The molecule has 17 aliphatic carbocycles. The molecule has 0 aromatic carbocycles. The Labute approximate surface area is 297 Å². The Bertz CT molecular complexity index is 976. The molecule has 0 amide bonds. The van der Waals surface area contributed by atoms with Crippen LogP contribution in [-0.4, -0.2) is 35.0 Å². The maximum atomic E-state index is 1.81. The first-order valence-electron chi connectivity index (χ1n) is 23.1. The van der Waals surface area contributed by atoms with E-state index in [0.29, 0.717) is 0 Å². The second-order valence-corrected chi connectivity index (χ2v) is 28.3. The Morgan fingerprint density at radius 2 is 0.438 bits per heavy atom. The molecule has 0 aliphatic heterocycles. The molecule has 0 spiro atoms. The summed E-state index contributed by atoms with van der Waals surface area (Å²) in [5, 5.41) is 0. The summed E-state index contributed by atoms with van der Waals surface area (Å²) in [5.41, 5.74) is 4.97. The van der Waals surface area contributed by atoms with Crippen molar-refractivity contribution in [3.05, 3.63) is 0 Å². The van der Waals surface area contributed by atoms with E-state index in [4.69, 9.17) is 0 Å². The van der Waals surface area contributed by atoms with E-state index in [1.807, 2.05) is 12.3 Å². The van der Waals surface area contributed by atoms with Gasteiger partial charge in [-0.25, -0.2) is 0 Å². The highest BCUT2D eigenvalue weighted by molar-refractivity contribution is 7.59. The molecule has 0 heterocycles. The Morgan fingerprint density at radius 3 is 0.604 bits per heavy atom. The van der Waals surface area contributed by atoms with Gasteiger partial charge in [-0.15, -0.1) is 0 Å². The Hall–Kier alpha value is 0.860. The van der Waals surface area contributed by atoms with E-state index >= 15 is 0 Å². The molecular weight excluding hydrogens is 614 g/mol. The number of hydrogen-bond acceptors (Lipinski definition) is 0. The molecule has 2 heteroatoms. The molecule has 17 rings (SSSR count). The second-order valence-electron chi connectivity index (χ2n) is 23.2. The average molecular weight is 685 g/mol. The normalized spacial score (nSPS) is 63.2. The van der Waals surface area contributed by atoms with Crippen LogP contribution < -0.4 is 0 Å². The Kier molecular flexibility index (Phi) is 7.05. The fourth-order valence-corrected chi connectivity index (χ4v) is 30.4. The minimum Gasteiger partial charge on any atom is -0.0989 e. The van der Waals surface area contributed by atoms with Crippen LogP contribution in [0.25, 0.3) is 0 Å². The fourth-order valence-electron chi connectivity index (χ4n) is 20.3. The zero-order valence-electron chi connectivity index (χ0n) is 30.6. The van der Waals surface area contributed by atoms with Crippen LogP contribution in [0.1, 0.15) is 141 Å². The van der Waals surface area contributed by atoms with Crippen LogP contribution in [0, 0.1) is 107 Å². The van der Waals surface area contributed by atoms with Crippen molar-refractivity contribution in [3.63, 3.8) is 0 Å². The molecule has 17 saturated carbocycles. The van der Waals surface area contributed by atoms with Gasteiger partial charge < -0.3 is 0 Å². The summed E-state index contributed by atoms with van der Waals surface area (Å²) < 4.78 is 0. The predicted octanol–water partition coefficient (Wildman–Crippen LogP) is 12.3. The van der Waals surface area contributed by atoms with E-state index in [1.165, 1.54) is 129 Å². The summed E-state index contributed by atoms with van der Waals surface area (Å²) in [6.07, 6.45) is 40.7. The highest BCUT2D eigenvalue weighted by Gasteiger charge is 2.60. The zero-order chi connectivity index (χ0) is 30.8. The minimum absolute atomic E-state index is 0.253. The van der Waals surface area contributed by atoms with Crippen LogP contribution in [-0.2, 0) is 0 Å². The van der Waals surface area contributed by atoms with Gasteiger partial charge >= 0.3 is 0 Å². The molecule has 0 saturated heterocycles. The van der Waals surface area contributed by atoms with Crippen molar-refractivity contribution in [3.8, 4) is 0 Å². The van der Waals surface area contributed by atoms with Gasteiger partial charge in [0.15, 0.2) is 0 Å². The van der Waals surface area contributed by atoms with Gasteiger partial charge in [-0.05, 0) is 283 Å². The van der Waals surface area contributed by atoms with E-state index in [0.717, 1.165) is 0 Å². The van der Waals surface area contributed by atoms with Crippen molar-refractivity contribution < 1.29 is 0 Å². The maximum Gasteiger partial charge on any atom is -0.0149 e. The molecule has 2 atom stereocenters. The largest absolute Gasteiger partial charge is 0.0989 e. The topological polar surface area (TPSA) is 0 Å². The molecule has 0 nitrogen and oxygen atoms in total. The molecule has 0 N–H and O–H groups in total. The van der Waals surface area contributed by atoms with Gasteiger partial charge in [0.05, 0.1) is 0 Å². The van der Waals surface area contributed by atoms with Crippen LogP contribution in [0.2, 0.25) is 0 Å². The van der Waals surface area contributed by atoms with Crippen molar-refractivity contribution in [2.24, 2.45) is 107 Å². The van der Waals surface area contributed by atoms with E-state index in [1.54, 1.807) is 141 Å². The molecule has 0 aromatic rings. The summed E-state index contributed by atoms with van der Waals surface area (Å²) in [6, 6.07) is 0. The Morgan fingerprint density at radius 1 is 0.250 bits per heavy atom. The summed E-state index contributed by atoms with van der Waals surface area (Å²) >= 11 is 0. The van der Waals surface area contributed by atoms with Crippen molar-refractivity contribution in [2.75, 3.05) is 12.3 Å². The molecule has 2 unspecified atom stereocenters.